The summed E-state index contributed by atoms with van der Waals surface area (Å²) in [5.41, 5.74) is 0.823. The number of hydrogen-bond donors (Lipinski definition) is 1. The van der Waals surface area contributed by atoms with Gasteiger partial charge in [0.15, 0.2) is 0 Å². The quantitative estimate of drug-likeness (QED) is 0.479. The predicted molar refractivity (Wildman–Crippen MR) is 141 cm³/mol. The molecule has 2 heterocycles. The first-order chi connectivity index (χ1) is 17.8. The van der Waals surface area contributed by atoms with Crippen molar-refractivity contribution in [2.75, 3.05) is 18.8 Å². The van der Waals surface area contributed by atoms with Gasteiger partial charge in [-0.3, -0.25) is 4.79 Å². The number of aromatic nitrogens is 2. The summed E-state index contributed by atoms with van der Waals surface area (Å²) in [4.78, 5) is 13.0. The normalized spacial score (nSPS) is 30.4. The Balaban J connectivity index is 1.06. The third-order valence-corrected chi connectivity index (χ3v) is 11.9. The molecule has 1 aliphatic heterocycles. The lowest BCUT2D eigenvalue weighted by Crippen LogP contribution is -2.56. The Hall–Kier alpha value is -1.91. The van der Waals surface area contributed by atoms with E-state index in [1.807, 2.05) is 0 Å². The van der Waals surface area contributed by atoms with E-state index in [4.69, 9.17) is 4.42 Å². The second kappa shape index (κ2) is 10.0. The van der Waals surface area contributed by atoms with Crippen molar-refractivity contribution in [3.8, 4) is 11.5 Å². The average molecular weight is 545 g/mol. The highest BCUT2D eigenvalue weighted by Crippen LogP contribution is 2.61. The lowest BCUT2D eigenvalue weighted by molar-refractivity contribution is -0.123. The van der Waals surface area contributed by atoms with Gasteiger partial charge in [0.25, 0.3) is 5.22 Å². The number of hydrogen-bond acceptors (Lipinski definition) is 7. The minimum Gasteiger partial charge on any atom is -0.411 e. The molecule has 1 aromatic heterocycles. The molecule has 1 N–H and O–H groups in total. The Labute approximate surface area is 223 Å². The molecule has 1 atom stereocenters. The van der Waals surface area contributed by atoms with E-state index in [0.29, 0.717) is 23.9 Å². The SMILES string of the molecule is C[C@H](NC(=O)CSc1nnc(-c2cccc(S(=O)(=O)N3CCCCC3)c2)o1)C12CC3CC(CC(C3)C1)C2. The van der Waals surface area contributed by atoms with Gasteiger partial charge in [0.05, 0.1) is 10.6 Å². The summed E-state index contributed by atoms with van der Waals surface area (Å²) in [5.74, 6) is 3.00. The van der Waals surface area contributed by atoms with E-state index in [1.54, 1.807) is 28.6 Å². The first kappa shape index (κ1) is 25.4. The van der Waals surface area contributed by atoms with Crippen molar-refractivity contribution in [3.63, 3.8) is 0 Å². The van der Waals surface area contributed by atoms with Crippen LogP contribution in [-0.4, -0.2) is 53.7 Å². The molecular formula is C27H36N4O4S2. The molecule has 4 bridgehead atoms. The van der Waals surface area contributed by atoms with Crippen molar-refractivity contribution in [3.05, 3.63) is 24.3 Å². The van der Waals surface area contributed by atoms with Crippen LogP contribution < -0.4 is 5.32 Å². The number of amides is 1. The highest BCUT2D eigenvalue weighted by molar-refractivity contribution is 7.99. The van der Waals surface area contributed by atoms with Crippen LogP contribution in [0.3, 0.4) is 0 Å². The summed E-state index contributed by atoms with van der Waals surface area (Å²) in [5, 5.41) is 11.8. The summed E-state index contributed by atoms with van der Waals surface area (Å²) >= 11 is 1.22. The molecule has 4 saturated carbocycles. The fraction of sp³-hybridized carbons (Fsp3) is 0.667. The van der Waals surface area contributed by atoms with Gasteiger partial charge in [-0.1, -0.05) is 24.2 Å². The number of benzene rings is 1. The number of thioether (sulfide) groups is 1. The van der Waals surface area contributed by atoms with Gasteiger partial charge in [-0.15, -0.1) is 10.2 Å². The number of nitrogens with zero attached hydrogens (tertiary/aromatic N) is 3. The Morgan fingerprint density at radius 1 is 1.11 bits per heavy atom. The molecule has 1 saturated heterocycles. The van der Waals surface area contributed by atoms with Crippen molar-refractivity contribution in [1.82, 2.24) is 19.8 Å². The van der Waals surface area contributed by atoms with Gasteiger partial charge in [-0.25, -0.2) is 8.42 Å². The molecule has 0 unspecified atom stereocenters. The van der Waals surface area contributed by atoms with E-state index in [2.05, 4.69) is 22.4 Å². The van der Waals surface area contributed by atoms with Crippen LogP contribution in [0.5, 0.6) is 0 Å². The number of carbonyl (C=O) groups is 1. The minimum atomic E-state index is -3.55. The van der Waals surface area contributed by atoms with Gasteiger partial charge in [0.2, 0.25) is 21.8 Å². The zero-order valence-corrected chi connectivity index (χ0v) is 23.0. The van der Waals surface area contributed by atoms with Gasteiger partial charge in [-0.2, -0.15) is 4.31 Å². The monoisotopic (exact) mass is 544 g/mol. The summed E-state index contributed by atoms with van der Waals surface area (Å²) < 4.78 is 33.4. The maximum Gasteiger partial charge on any atom is 0.277 e. The first-order valence-electron chi connectivity index (χ1n) is 13.7. The standard InChI is InChI=1S/C27H36N4O4S2/c1-18(27-14-19-10-20(15-27)12-21(11-19)16-27)28-24(32)17-36-26-30-29-25(35-26)22-6-5-7-23(13-22)37(33,34)31-8-3-2-4-9-31/h5-7,13,18-21H,2-4,8-12,14-17H2,1H3,(H,28,32)/t18-,19?,20?,21?,27?/m0/s1. The number of rotatable bonds is 8. The van der Waals surface area contributed by atoms with Crippen molar-refractivity contribution in [2.24, 2.45) is 23.2 Å². The Morgan fingerprint density at radius 3 is 2.46 bits per heavy atom. The summed E-state index contributed by atoms with van der Waals surface area (Å²) in [7, 11) is -3.55. The zero-order valence-electron chi connectivity index (χ0n) is 21.4. The Bertz CT molecular complexity index is 1220. The van der Waals surface area contributed by atoms with E-state index in [9.17, 15) is 13.2 Å². The molecule has 5 fully saturated rings. The van der Waals surface area contributed by atoms with Gasteiger partial charge in [0, 0.05) is 24.7 Å². The molecular weight excluding hydrogens is 508 g/mol. The second-order valence-corrected chi connectivity index (χ2v) is 14.6. The molecule has 0 spiro atoms. The van der Waals surface area contributed by atoms with Gasteiger partial charge >= 0.3 is 0 Å². The summed E-state index contributed by atoms with van der Waals surface area (Å²) in [6.07, 6.45) is 10.8. The molecule has 10 heteroatoms. The average Bonchev–Trinajstić information content (AvgIpc) is 3.36. The molecule has 200 valence electrons. The largest absolute Gasteiger partial charge is 0.411 e. The number of carbonyl (C=O) groups excluding carboxylic acids is 1. The highest BCUT2D eigenvalue weighted by atomic mass is 32.2. The first-order valence-corrected chi connectivity index (χ1v) is 16.1. The molecule has 1 aromatic carbocycles. The number of piperidine rings is 1. The number of sulfonamides is 1. The van der Waals surface area contributed by atoms with Crippen LogP contribution >= 0.6 is 11.8 Å². The Kier molecular flexibility index (Phi) is 6.86. The lowest BCUT2D eigenvalue weighted by Gasteiger charge is -2.59. The summed E-state index contributed by atoms with van der Waals surface area (Å²) in [6, 6.07) is 6.83. The fourth-order valence-corrected chi connectivity index (χ4v) is 9.84. The highest BCUT2D eigenvalue weighted by Gasteiger charge is 2.53. The maximum absolute atomic E-state index is 13.1. The van der Waals surface area contributed by atoms with Crippen LogP contribution in [0.25, 0.3) is 11.5 Å². The van der Waals surface area contributed by atoms with E-state index in [1.165, 1.54) is 50.3 Å². The van der Waals surface area contributed by atoms with Gasteiger partial charge in [-0.05, 0) is 99.7 Å². The zero-order chi connectivity index (χ0) is 25.6. The molecule has 37 heavy (non-hydrogen) atoms. The van der Waals surface area contributed by atoms with Crippen LogP contribution in [0.1, 0.15) is 64.7 Å². The molecule has 8 nitrogen and oxygen atoms in total. The third kappa shape index (κ3) is 5.08. The van der Waals surface area contributed by atoms with E-state index < -0.39 is 10.0 Å². The van der Waals surface area contributed by atoms with Gasteiger partial charge in [0.1, 0.15) is 0 Å². The molecule has 1 amide bonds. The molecule has 5 aliphatic rings. The molecule has 0 radical (unpaired) electrons. The predicted octanol–water partition coefficient (Wildman–Crippen LogP) is 4.72. The molecule has 4 aliphatic carbocycles. The minimum absolute atomic E-state index is 0.0115. The smallest absolute Gasteiger partial charge is 0.277 e. The third-order valence-electron chi connectivity index (χ3n) is 9.15. The summed E-state index contributed by atoms with van der Waals surface area (Å²) in [6.45, 7) is 3.29. The van der Waals surface area contributed by atoms with Crippen LogP contribution in [0.2, 0.25) is 0 Å². The maximum atomic E-state index is 13.1. The Morgan fingerprint density at radius 2 is 1.78 bits per heavy atom. The second-order valence-electron chi connectivity index (χ2n) is 11.7. The van der Waals surface area contributed by atoms with Crippen LogP contribution in [0, 0.1) is 23.2 Å². The molecule has 2 aromatic rings. The van der Waals surface area contributed by atoms with Crippen molar-refractivity contribution in [2.45, 2.75) is 80.9 Å². The van der Waals surface area contributed by atoms with Crippen molar-refractivity contribution in [1.29, 1.82) is 0 Å². The van der Waals surface area contributed by atoms with Crippen LogP contribution in [-0.2, 0) is 14.8 Å². The lowest BCUT2D eigenvalue weighted by atomic mass is 9.48. The van der Waals surface area contributed by atoms with Crippen molar-refractivity contribution < 1.29 is 17.6 Å². The van der Waals surface area contributed by atoms with E-state index in [0.717, 1.165) is 37.0 Å². The van der Waals surface area contributed by atoms with E-state index >= 15 is 0 Å². The topological polar surface area (TPSA) is 105 Å². The van der Waals surface area contributed by atoms with E-state index in [-0.39, 0.29) is 33.9 Å². The fourth-order valence-electron chi connectivity index (χ4n) is 7.70. The number of nitrogens with one attached hydrogen (secondary N) is 1. The van der Waals surface area contributed by atoms with Crippen LogP contribution in [0.4, 0.5) is 0 Å². The van der Waals surface area contributed by atoms with Gasteiger partial charge < -0.3 is 9.73 Å². The van der Waals surface area contributed by atoms with Crippen LogP contribution in [0.15, 0.2) is 38.8 Å². The van der Waals surface area contributed by atoms with Crippen molar-refractivity contribution >= 4 is 27.7 Å². The molecule has 7 rings (SSSR count).